The highest BCUT2D eigenvalue weighted by molar-refractivity contribution is 6.16. The standard InChI is InChI=1S/C12H11ClN4/c1-17-7-15-9-4-8(2-3-11(9)17)10-6-14-12(5-13)16-10/h2-4,6-7H,5H2,1H3,(H,14,16). The molecule has 0 aliphatic heterocycles. The Kier molecular flexibility index (Phi) is 2.37. The number of benzene rings is 1. The third kappa shape index (κ3) is 1.70. The Balaban J connectivity index is 2.11. The van der Waals surface area contributed by atoms with Crippen molar-refractivity contribution in [2.45, 2.75) is 5.88 Å². The number of imidazole rings is 2. The van der Waals surface area contributed by atoms with E-state index < -0.39 is 0 Å². The van der Waals surface area contributed by atoms with Crippen molar-refractivity contribution >= 4 is 22.6 Å². The van der Waals surface area contributed by atoms with Gasteiger partial charge in [0.2, 0.25) is 0 Å². The van der Waals surface area contributed by atoms with Gasteiger partial charge in [0, 0.05) is 12.6 Å². The summed E-state index contributed by atoms with van der Waals surface area (Å²) >= 11 is 5.72. The molecule has 3 aromatic rings. The third-order valence-corrected chi connectivity index (χ3v) is 3.04. The Hall–Kier alpha value is -1.81. The van der Waals surface area contributed by atoms with Gasteiger partial charge < -0.3 is 9.55 Å². The predicted molar refractivity (Wildman–Crippen MR) is 67.9 cm³/mol. The molecule has 0 aliphatic rings. The van der Waals surface area contributed by atoms with Crippen molar-refractivity contribution in [3.63, 3.8) is 0 Å². The molecule has 0 radical (unpaired) electrons. The molecule has 3 rings (SSSR count). The number of hydrogen-bond acceptors (Lipinski definition) is 2. The number of aromatic amines is 1. The number of alkyl halides is 1. The first-order valence-electron chi connectivity index (χ1n) is 5.29. The SMILES string of the molecule is Cn1cnc2cc(-c3cnc(CCl)[nH]3)ccc21. The zero-order valence-electron chi connectivity index (χ0n) is 9.31. The molecule has 0 fully saturated rings. The number of nitrogens with one attached hydrogen (secondary N) is 1. The quantitative estimate of drug-likeness (QED) is 0.707. The van der Waals surface area contributed by atoms with Crippen molar-refractivity contribution in [2.24, 2.45) is 7.05 Å². The van der Waals surface area contributed by atoms with E-state index in [1.807, 2.05) is 24.0 Å². The van der Waals surface area contributed by atoms with E-state index in [4.69, 9.17) is 11.6 Å². The number of fused-ring (bicyclic) bond motifs is 1. The van der Waals surface area contributed by atoms with E-state index in [1.165, 1.54) is 0 Å². The van der Waals surface area contributed by atoms with Gasteiger partial charge in [-0.1, -0.05) is 6.07 Å². The van der Waals surface area contributed by atoms with Crippen LogP contribution >= 0.6 is 11.6 Å². The van der Waals surface area contributed by atoms with Gasteiger partial charge in [-0.05, 0) is 12.1 Å². The maximum absolute atomic E-state index is 5.72. The molecule has 5 heteroatoms. The van der Waals surface area contributed by atoms with Gasteiger partial charge >= 0.3 is 0 Å². The molecule has 0 atom stereocenters. The molecular weight excluding hydrogens is 236 g/mol. The Bertz CT molecular complexity index is 668. The first-order valence-corrected chi connectivity index (χ1v) is 5.82. The number of H-pyrrole nitrogens is 1. The average molecular weight is 247 g/mol. The van der Waals surface area contributed by atoms with Gasteiger partial charge in [0.25, 0.3) is 0 Å². The fraction of sp³-hybridized carbons (Fsp3) is 0.167. The summed E-state index contributed by atoms with van der Waals surface area (Å²) in [4.78, 5) is 11.7. The first-order chi connectivity index (χ1) is 8.28. The lowest BCUT2D eigenvalue weighted by molar-refractivity contribution is 0.948. The number of halogens is 1. The van der Waals surface area contributed by atoms with Crippen LogP contribution in [0, 0.1) is 0 Å². The van der Waals surface area contributed by atoms with E-state index in [0.717, 1.165) is 28.1 Å². The highest BCUT2D eigenvalue weighted by atomic mass is 35.5. The molecule has 0 unspecified atom stereocenters. The maximum Gasteiger partial charge on any atom is 0.121 e. The molecule has 0 aliphatic carbocycles. The number of aromatic nitrogens is 4. The Morgan fingerprint density at radius 2 is 2.24 bits per heavy atom. The number of rotatable bonds is 2. The number of aryl methyl sites for hydroxylation is 1. The van der Waals surface area contributed by atoms with Gasteiger partial charge in [-0.3, -0.25) is 0 Å². The second-order valence-electron chi connectivity index (χ2n) is 3.94. The minimum absolute atomic E-state index is 0.395. The van der Waals surface area contributed by atoms with E-state index in [-0.39, 0.29) is 0 Å². The summed E-state index contributed by atoms with van der Waals surface area (Å²) in [6.45, 7) is 0. The summed E-state index contributed by atoms with van der Waals surface area (Å²) in [7, 11) is 1.98. The van der Waals surface area contributed by atoms with E-state index in [9.17, 15) is 0 Å². The minimum Gasteiger partial charge on any atom is -0.341 e. The molecule has 1 N–H and O–H groups in total. The third-order valence-electron chi connectivity index (χ3n) is 2.79. The predicted octanol–water partition coefficient (Wildman–Crippen LogP) is 2.70. The molecule has 0 saturated carbocycles. The Labute approximate surface area is 103 Å². The van der Waals surface area contributed by atoms with E-state index in [1.54, 1.807) is 6.20 Å². The molecule has 0 saturated heterocycles. The summed E-state index contributed by atoms with van der Waals surface area (Å²) < 4.78 is 2.00. The Morgan fingerprint density at radius 3 is 3.00 bits per heavy atom. The van der Waals surface area contributed by atoms with Crippen molar-refractivity contribution in [1.29, 1.82) is 0 Å². The first kappa shape index (κ1) is 10.4. The fourth-order valence-electron chi connectivity index (χ4n) is 1.88. The van der Waals surface area contributed by atoms with Crippen molar-refractivity contribution in [2.75, 3.05) is 0 Å². The van der Waals surface area contributed by atoms with Gasteiger partial charge in [0.15, 0.2) is 0 Å². The summed E-state index contributed by atoms with van der Waals surface area (Å²) in [5, 5.41) is 0. The molecule has 2 heterocycles. The second-order valence-corrected chi connectivity index (χ2v) is 4.20. The normalized spacial score (nSPS) is 11.2. The molecular formula is C12H11ClN4. The molecule has 1 aromatic carbocycles. The van der Waals surface area contributed by atoms with Crippen LogP contribution in [-0.4, -0.2) is 19.5 Å². The van der Waals surface area contributed by atoms with Crippen molar-refractivity contribution in [1.82, 2.24) is 19.5 Å². The van der Waals surface area contributed by atoms with Crippen molar-refractivity contribution in [3.05, 3.63) is 36.5 Å². The average Bonchev–Trinajstić information content (AvgIpc) is 2.96. The number of nitrogens with zero attached hydrogens (tertiary/aromatic N) is 3. The van der Waals surface area contributed by atoms with Crippen LogP contribution in [0.4, 0.5) is 0 Å². The minimum atomic E-state index is 0.395. The monoisotopic (exact) mass is 246 g/mol. The van der Waals surface area contributed by atoms with Crippen LogP contribution in [0.3, 0.4) is 0 Å². The highest BCUT2D eigenvalue weighted by Crippen LogP contribution is 2.22. The summed E-state index contributed by atoms with van der Waals surface area (Å²) in [5.41, 5.74) is 4.13. The smallest absolute Gasteiger partial charge is 0.121 e. The molecule has 0 bridgehead atoms. The summed E-state index contributed by atoms with van der Waals surface area (Å²) in [6.07, 6.45) is 3.60. The second kappa shape index (κ2) is 3.89. The fourth-order valence-corrected chi connectivity index (χ4v) is 2.02. The molecule has 0 amide bonds. The lowest BCUT2D eigenvalue weighted by Gasteiger charge is -1.98. The van der Waals surface area contributed by atoms with Gasteiger partial charge in [0.1, 0.15) is 5.82 Å². The van der Waals surface area contributed by atoms with Crippen molar-refractivity contribution < 1.29 is 0 Å². The van der Waals surface area contributed by atoms with Crippen LogP contribution in [0.2, 0.25) is 0 Å². The molecule has 86 valence electrons. The van der Waals surface area contributed by atoms with Gasteiger partial charge in [-0.15, -0.1) is 11.6 Å². The molecule has 4 nitrogen and oxygen atoms in total. The Morgan fingerprint density at radius 1 is 1.35 bits per heavy atom. The molecule has 0 spiro atoms. The topological polar surface area (TPSA) is 46.5 Å². The van der Waals surface area contributed by atoms with Crippen LogP contribution in [0.1, 0.15) is 5.82 Å². The largest absolute Gasteiger partial charge is 0.341 e. The van der Waals surface area contributed by atoms with Crippen LogP contribution in [0.15, 0.2) is 30.7 Å². The van der Waals surface area contributed by atoms with Gasteiger partial charge in [0.05, 0.1) is 35.1 Å². The highest BCUT2D eigenvalue weighted by Gasteiger charge is 2.05. The van der Waals surface area contributed by atoms with Crippen LogP contribution in [-0.2, 0) is 12.9 Å². The summed E-state index contributed by atoms with van der Waals surface area (Å²) in [6, 6.07) is 6.15. The zero-order chi connectivity index (χ0) is 11.8. The molecule has 17 heavy (non-hydrogen) atoms. The van der Waals surface area contributed by atoms with Crippen LogP contribution < -0.4 is 0 Å². The van der Waals surface area contributed by atoms with E-state index >= 15 is 0 Å². The summed E-state index contributed by atoms with van der Waals surface area (Å²) in [5.74, 6) is 1.18. The lowest BCUT2D eigenvalue weighted by Crippen LogP contribution is -1.84. The maximum atomic E-state index is 5.72. The van der Waals surface area contributed by atoms with Gasteiger partial charge in [-0.25, -0.2) is 9.97 Å². The van der Waals surface area contributed by atoms with E-state index in [0.29, 0.717) is 5.88 Å². The van der Waals surface area contributed by atoms with Crippen LogP contribution in [0.25, 0.3) is 22.3 Å². The zero-order valence-corrected chi connectivity index (χ0v) is 10.1. The van der Waals surface area contributed by atoms with E-state index in [2.05, 4.69) is 27.1 Å². The van der Waals surface area contributed by atoms with Gasteiger partial charge in [-0.2, -0.15) is 0 Å². The van der Waals surface area contributed by atoms with Crippen LogP contribution in [0.5, 0.6) is 0 Å². The number of hydrogen-bond donors (Lipinski definition) is 1. The van der Waals surface area contributed by atoms with Crippen molar-refractivity contribution in [3.8, 4) is 11.3 Å². The lowest BCUT2D eigenvalue weighted by atomic mass is 10.1. The molecule has 2 aromatic heterocycles.